The predicted octanol–water partition coefficient (Wildman–Crippen LogP) is 5.85. The molecule has 2 N–H and O–H groups in total. The molecule has 29 heavy (non-hydrogen) atoms. The van der Waals surface area contributed by atoms with Crippen LogP contribution >= 0.6 is 0 Å². The maximum absolute atomic E-state index is 12.2. The molecule has 3 aromatic carbocycles. The van der Waals surface area contributed by atoms with Crippen molar-refractivity contribution in [2.45, 2.75) is 26.4 Å². The van der Waals surface area contributed by atoms with Crippen LogP contribution in [-0.4, -0.2) is 10.1 Å². The number of aliphatic hydroxyl groups is 1. The Morgan fingerprint density at radius 2 is 1.24 bits per heavy atom. The van der Waals surface area contributed by atoms with E-state index in [1.165, 1.54) is 0 Å². The van der Waals surface area contributed by atoms with E-state index in [1.54, 1.807) is 0 Å². The summed E-state index contributed by atoms with van der Waals surface area (Å²) in [5.41, 5.74) is 2.62. The summed E-state index contributed by atoms with van der Waals surface area (Å²) in [7, 11) is 0. The second-order valence-corrected chi connectivity index (χ2v) is 8.36. The molecule has 1 aromatic heterocycles. The van der Waals surface area contributed by atoms with Gasteiger partial charge in [0.05, 0.1) is 11.3 Å². The van der Waals surface area contributed by atoms with Crippen molar-refractivity contribution in [3.05, 3.63) is 107 Å². The first-order valence-electron chi connectivity index (χ1n) is 9.87. The lowest BCUT2D eigenvalue weighted by molar-refractivity contribution is 0.121. The fourth-order valence-electron chi connectivity index (χ4n) is 3.61. The van der Waals surface area contributed by atoms with E-state index in [1.807, 2.05) is 78.9 Å². The molecular formula is C27H25NO. The third kappa shape index (κ3) is 3.58. The Morgan fingerprint density at radius 1 is 0.724 bits per heavy atom. The Balaban J connectivity index is 2.07. The van der Waals surface area contributed by atoms with E-state index in [0.29, 0.717) is 5.69 Å². The number of nitrogens with one attached hydrogen (secondary N) is 1. The Labute approximate surface area is 172 Å². The maximum Gasteiger partial charge on any atom is 0.156 e. The maximum atomic E-state index is 12.2. The molecule has 0 amide bonds. The Morgan fingerprint density at radius 3 is 1.79 bits per heavy atom. The van der Waals surface area contributed by atoms with Crippen molar-refractivity contribution in [2.75, 3.05) is 0 Å². The van der Waals surface area contributed by atoms with Crippen molar-refractivity contribution in [3.8, 4) is 11.8 Å². The van der Waals surface area contributed by atoms with E-state index < -0.39 is 5.60 Å². The van der Waals surface area contributed by atoms with E-state index in [4.69, 9.17) is 0 Å². The normalized spacial score (nSPS) is 11.9. The number of H-pyrrole nitrogens is 1. The molecule has 2 heteroatoms. The lowest BCUT2D eigenvalue weighted by Gasteiger charge is -2.29. The molecule has 0 unspecified atom stereocenters. The second-order valence-electron chi connectivity index (χ2n) is 8.36. The van der Waals surface area contributed by atoms with Gasteiger partial charge in [0, 0.05) is 16.3 Å². The van der Waals surface area contributed by atoms with Gasteiger partial charge in [-0.2, -0.15) is 0 Å². The minimum Gasteiger partial charge on any atom is -0.374 e. The van der Waals surface area contributed by atoms with Crippen molar-refractivity contribution in [2.24, 2.45) is 5.41 Å². The van der Waals surface area contributed by atoms with Gasteiger partial charge in [-0.1, -0.05) is 90.7 Å². The summed E-state index contributed by atoms with van der Waals surface area (Å²) in [4.78, 5) is 3.49. The van der Waals surface area contributed by atoms with Gasteiger partial charge in [-0.05, 0) is 38.0 Å². The van der Waals surface area contributed by atoms with Gasteiger partial charge in [-0.15, -0.1) is 0 Å². The summed E-state index contributed by atoms with van der Waals surface area (Å²) in [5, 5.41) is 13.3. The SMILES string of the molecule is CC(C)(C)C#Cc1c(C(O)(c2ccccc2)c2ccccc2)[nH]c2ccccc12. The van der Waals surface area contributed by atoms with Crippen LogP contribution in [0.3, 0.4) is 0 Å². The lowest BCUT2D eigenvalue weighted by atomic mass is 9.81. The molecule has 144 valence electrons. The van der Waals surface area contributed by atoms with Gasteiger partial charge in [0.25, 0.3) is 0 Å². The Bertz CT molecular complexity index is 1150. The molecule has 0 aliphatic carbocycles. The average Bonchev–Trinajstić information content (AvgIpc) is 3.11. The van der Waals surface area contributed by atoms with Crippen LogP contribution in [0.1, 0.15) is 43.2 Å². The van der Waals surface area contributed by atoms with Crippen LogP contribution in [0.4, 0.5) is 0 Å². The van der Waals surface area contributed by atoms with E-state index >= 15 is 0 Å². The standard InChI is InChI=1S/C27H25NO/c1-26(2,3)19-18-23-22-16-10-11-17-24(22)28-25(23)27(29,20-12-6-4-7-13-20)21-14-8-5-9-15-21/h4-17,28-29H,1-3H3. The van der Waals surface area contributed by atoms with Crippen LogP contribution in [0.15, 0.2) is 84.9 Å². The molecule has 4 aromatic rings. The molecule has 4 rings (SSSR count). The number of benzene rings is 3. The lowest BCUT2D eigenvalue weighted by Crippen LogP contribution is -2.30. The molecular weight excluding hydrogens is 354 g/mol. The summed E-state index contributed by atoms with van der Waals surface area (Å²) in [6, 6.07) is 27.6. The number of hydrogen-bond acceptors (Lipinski definition) is 1. The molecule has 0 aliphatic heterocycles. The average molecular weight is 380 g/mol. The van der Waals surface area contributed by atoms with E-state index in [9.17, 15) is 5.11 Å². The number of para-hydroxylation sites is 1. The molecule has 0 saturated heterocycles. The highest BCUT2D eigenvalue weighted by molar-refractivity contribution is 5.88. The zero-order valence-corrected chi connectivity index (χ0v) is 17.0. The van der Waals surface area contributed by atoms with Crippen LogP contribution in [0, 0.1) is 17.3 Å². The number of aromatic amines is 1. The third-order valence-electron chi connectivity index (χ3n) is 5.01. The fourth-order valence-corrected chi connectivity index (χ4v) is 3.61. The summed E-state index contributed by atoms with van der Waals surface area (Å²) in [5.74, 6) is 6.73. The predicted molar refractivity (Wildman–Crippen MR) is 120 cm³/mol. The van der Waals surface area contributed by atoms with Crippen molar-refractivity contribution in [1.29, 1.82) is 0 Å². The molecule has 0 radical (unpaired) electrons. The Kier molecular flexibility index (Phi) is 4.78. The smallest absolute Gasteiger partial charge is 0.156 e. The number of aromatic nitrogens is 1. The molecule has 0 fully saturated rings. The number of hydrogen-bond donors (Lipinski definition) is 2. The largest absolute Gasteiger partial charge is 0.374 e. The van der Waals surface area contributed by atoms with Gasteiger partial charge in [0.2, 0.25) is 0 Å². The van der Waals surface area contributed by atoms with Gasteiger partial charge in [0.1, 0.15) is 0 Å². The fraction of sp³-hybridized carbons (Fsp3) is 0.185. The zero-order chi connectivity index (χ0) is 20.5. The van der Waals surface area contributed by atoms with E-state index in [0.717, 1.165) is 27.6 Å². The van der Waals surface area contributed by atoms with E-state index in [-0.39, 0.29) is 5.41 Å². The summed E-state index contributed by atoms with van der Waals surface area (Å²) in [6.45, 7) is 6.28. The molecule has 0 bridgehead atoms. The quantitative estimate of drug-likeness (QED) is 0.430. The topological polar surface area (TPSA) is 36.0 Å². The highest BCUT2D eigenvalue weighted by Crippen LogP contribution is 2.40. The second kappa shape index (κ2) is 7.28. The van der Waals surface area contributed by atoms with Crippen molar-refractivity contribution in [1.82, 2.24) is 4.98 Å². The van der Waals surface area contributed by atoms with Crippen LogP contribution in [-0.2, 0) is 5.60 Å². The molecule has 2 nitrogen and oxygen atoms in total. The molecule has 0 spiro atoms. The molecule has 1 heterocycles. The Hall–Kier alpha value is -3.28. The number of rotatable bonds is 3. The van der Waals surface area contributed by atoms with Gasteiger partial charge in [-0.3, -0.25) is 0 Å². The van der Waals surface area contributed by atoms with Crippen molar-refractivity contribution in [3.63, 3.8) is 0 Å². The van der Waals surface area contributed by atoms with E-state index in [2.05, 4.69) is 43.7 Å². The zero-order valence-electron chi connectivity index (χ0n) is 17.0. The minimum atomic E-state index is -1.34. The molecule has 0 aliphatic rings. The van der Waals surface area contributed by atoms with Crippen molar-refractivity contribution < 1.29 is 5.11 Å². The molecule has 0 saturated carbocycles. The first kappa shape index (κ1) is 19.1. The van der Waals surface area contributed by atoms with Crippen molar-refractivity contribution >= 4 is 10.9 Å². The highest BCUT2D eigenvalue weighted by Gasteiger charge is 2.37. The monoisotopic (exact) mass is 379 g/mol. The van der Waals surface area contributed by atoms with Crippen LogP contribution in [0.5, 0.6) is 0 Å². The van der Waals surface area contributed by atoms with Gasteiger partial charge < -0.3 is 10.1 Å². The summed E-state index contributed by atoms with van der Waals surface area (Å²) < 4.78 is 0. The van der Waals surface area contributed by atoms with Gasteiger partial charge in [0.15, 0.2) is 5.60 Å². The van der Waals surface area contributed by atoms with Crippen LogP contribution < -0.4 is 0 Å². The van der Waals surface area contributed by atoms with Crippen LogP contribution in [0.2, 0.25) is 0 Å². The highest BCUT2D eigenvalue weighted by atomic mass is 16.3. The summed E-state index contributed by atoms with van der Waals surface area (Å²) >= 11 is 0. The first-order chi connectivity index (χ1) is 13.9. The van der Waals surface area contributed by atoms with Crippen LogP contribution in [0.25, 0.3) is 10.9 Å². The van der Waals surface area contributed by atoms with Gasteiger partial charge >= 0.3 is 0 Å². The molecule has 0 atom stereocenters. The number of fused-ring (bicyclic) bond motifs is 1. The third-order valence-corrected chi connectivity index (χ3v) is 5.01. The minimum absolute atomic E-state index is 0.146. The first-order valence-corrected chi connectivity index (χ1v) is 9.87. The summed E-state index contributed by atoms with van der Waals surface area (Å²) in [6.07, 6.45) is 0. The van der Waals surface area contributed by atoms with Gasteiger partial charge in [-0.25, -0.2) is 0 Å².